The summed E-state index contributed by atoms with van der Waals surface area (Å²) in [6, 6.07) is 11.3. The molecule has 140 valence electrons. The van der Waals surface area contributed by atoms with E-state index >= 15 is 0 Å². The van der Waals surface area contributed by atoms with Gasteiger partial charge in [0.25, 0.3) is 5.91 Å². The normalized spacial score (nSPS) is 11.3. The molecule has 3 rings (SSSR count). The molecule has 0 bridgehead atoms. The lowest BCUT2D eigenvalue weighted by atomic mass is 10.1. The van der Waals surface area contributed by atoms with Gasteiger partial charge in [-0.05, 0) is 48.5 Å². The minimum absolute atomic E-state index is 0.199. The number of hydrogen-bond donors (Lipinski definition) is 1. The molecule has 0 aliphatic rings. The Bertz CT molecular complexity index is 957. The third-order valence-corrected chi connectivity index (χ3v) is 3.77. The molecule has 0 aliphatic heterocycles. The van der Waals surface area contributed by atoms with Crippen LogP contribution in [-0.4, -0.2) is 24.6 Å². The minimum Gasteiger partial charge on any atom is -0.497 e. The van der Waals surface area contributed by atoms with Crippen LogP contribution < -0.4 is 14.8 Å². The molecule has 5 nitrogen and oxygen atoms in total. The number of nitrogens with zero attached hydrogens (tertiary/aromatic N) is 1. The van der Waals surface area contributed by atoms with Gasteiger partial charge in [-0.25, -0.2) is 0 Å². The molecule has 3 aromatic rings. The molecule has 8 heteroatoms. The molecule has 27 heavy (non-hydrogen) atoms. The summed E-state index contributed by atoms with van der Waals surface area (Å²) in [7, 11) is 1.53. The molecule has 0 saturated carbocycles. The molecule has 0 spiro atoms. The highest BCUT2D eigenvalue weighted by atomic mass is 19.4. The van der Waals surface area contributed by atoms with Crippen LogP contribution in [0.5, 0.6) is 11.5 Å². The summed E-state index contributed by atoms with van der Waals surface area (Å²) >= 11 is 0. The average Bonchev–Trinajstić information content (AvgIpc) is 2.66. The van der Waals surface area contributed by atoms with Gasteiger partial charge in [0.15, 0.2) is 6.61 Å². The zero-order chi connectivity index (χ0) is 19.4. The number of halogens is 3. The van der Waals surface area contributed by atoms with E-state index in [1.807, 2.05) is 0 Å². The number of pyridine rings is 1. The fourth-order valence-corrected chi connectivity index (χ4v) is 2.44. The Morgan fingerprint density at radius 3 is 2.44 bits per heavy atom. The Morgan fingerprint density at radius 2 is 1.78 bits per heavy atom. The van der Waals surface area contributed by atoms with Gasteiger partial charge in [0.1, 0.15) is 11.5 Å². The number of hydrogen-bond acceptors (Lipinski definition) is 4. The first kappa shape index (κ1) is 18.5. The maximum atomic E-state index is 12.9. The summed E-state index contributed by atoms with van der Waals surface area (Å²) in [6.07, 6.45) is -3.07. The number of amides is 1. The predicted molar refractivity (Wildman–Crippen MR) is 93.9 cm³/mol. The lowest BCUT2D eigenvalue weighted by Gasteiger charge is -2.12. The third kappa shape index (κ3) is 4.46. The second kappa shape index (κ2) is 7.53. The first-order valence-electron chi connectivity index (χ1n) is 7.89. The van der Waals surface area contributed by atoms with E-state index in [0.717, 1.165) is 12.1 Å². The second-order valence-electron chi connectivity index (χ2n) is 5.60. The zero-order valence-electron chi connectivity index (χ0n) is 14.2. The van der Waals surface area contributed by atoms with Gasteiger partial charge in [0, 0.05) is 11.6 Å². The second-order valence-corrected chi connectivity index (χ2v) is 5.60. The summed E-state index contributed by atoms with van der Waals surface area (Å²) in [4.78, 5) is 16.2. The van der Waals surface area contributed by atoms with Crippen molar-refractivity contribution in [1.82, 2.24) is 4.98 Å². The Morgan fingerprint density at radius 1 is 1.07 bits per heavy atom. The fraction of sp³-hybridized carbons (Fsp3) is 0.158. The molecular formula is C19H15F3N2O3. The van der Waals surface area contributed by atoms with Gasteiger partial charge in [-0.1, -0.05) is 0 Å². The van der Waals surface area contributed by atoms with Gasteiger partial charge >= 0.3 is 6.18 Å². The van der Waals surface area contributed by atoms with Crippen molar-refractivity contribution in [3.8, 4) is 11.5 Å². The highest BCUT2D eigenvalue weighted by Crippen LogP contribution is 2.33. The van der Waals surface area contributed by atoms with Crippen LogP contribution >= 0.6 is 0 Å². The van der Waals surface area contributed by atoms with Crippen LogP contribution in [0.25, 0.3) is 10.9 Å². The van der Waals surface area contributed by atoms with Gasteiger partial charge in [0.05, 0.1) is 23.9 Å². The molecule has 0 aliphatic carbocycles. The van der Waals surface area contributed by atoms with Crippen molar-refractivity contribution in [3.63, 3.8) is 0 Å². The van der Waals surface area contributed by atoms with Crippen molar-refractivity contribution >= 4 is 22.5 Å². The van der Waals surface area contributed by atoms with Crippen molar-refractivity contribution in [2.75, 3.05) is 19.0 Å². The quantitative estimate of drug-likeness (QED) is 0.722. The number of aromatic nitrogens is 1. The Balaban J connectivity index is 1.73. The van der Waals surface area contributed by atoms with Crippen molar-refractivity contribution in [3.05, 3.63) is 60.3 Å². The average molecular weight is 376 g/mol. The highest BCUT2D eigenvalue weighted by Gasteiger charge is 2.30. The molecule has 2 aromatic carbocycles. The van der Waals surface area contributed by atoms with Crippen molar-refractivity contribution in [2.24, 2.45) is 0 Å². The van der Waals surface area contributed by atoms with E-state index in [-0.39, 0.29) is 17.7 Å². The minimum atomic E-state index is -4.48. The summed E-state index contributed by atoms with van der Waals surface area (Å²) in [6.45, 7) is -0.297. The summed E-state index contributed by atoms with van der Waals surface area (Å²) in [5, 5.41) is 2.76. The summed E-state index contributed by atoms with van der Waals surface area (Å²) in [5.41, 5.74) is -0.237. The monoisotopic (exact) mass is 376 g/mol. The number of alkyl halides is 3. The van der Waals surface area contributed by atoms with Gasteiger partial charge in [0.2, 0.25) is 0 Å². The molecule has 0 atom stereocenters. The number of benzene rings is 2. The maximum Gasteiger partial charge on any atom is 0.416 e. The van der Waals surface area contributed by atoms with E-state index in [1.54, 1.807) is 24.3 Å². The van der Waals surface area contributed by atoms with Gasteiger partial charge in [-0.2, -0.15) is 13.2 Å². The number of nitrogens with one attached hydrogen (secondary N) is 1. The number of ether oxygens (including phenoxy) is 2. The van der Waals surface area contributed by atoms with Gasteiger partial charge in [-0.15, -0.1) is 0 Å². The van der Waals surface area contributed by atoms with Crippen LogP contribution in [0.1, 0.15) is 5.56 Å². The largest absolute Gasteiger partial charge is 0.497 e. The Hall–Kier alpha value is -3.29. The molecule has 0 saturated heterocycles. The molecule has 1 heterocycles. The number of rotatable bonds is 5. The van der Waals surface area contributed by atoms with Crippen LogP contribution in [0.2, 0.25) is 0 Å². The standard InChI is InChI=1S/C19H15F3N2O3/c1-26-13-3-5-14(6-4-13)27-11-18(25)24-17-8-9-23-16-7-2-12(10-15(16)17)19(20,21)22/h2-10H,11H2,1H3,(H,23,24,25). The number of fused-ring (bicyclic) bond motifs is 1. The topological polar surface area (TPSA) is 60.5 Å². The summed E-state index contributed by atoms with van der Waals surface area (Å²) in [5.74, 6) is 0.608. The molecule has 0 fully saturated rings. The van der Waals surface area contributed by atoms with Crippen LogP contribution in [0.4, 0.5) is 18.9 Å². The van der Waals surface area contributed by atoms with E-state index in [9.17, 15) is 18.0 Å². The first-order chi connectivity index (χ1) is 12.9. The number of anilines is 1. The van der Waals surface area contributed by atoms with Crippen molar-refractivity contribution < 1.29 is 27.4 Å². The summed E-state index contributed by atoms with van der Waals surface area (Å²) < 4.78 is 49.2. The fourth-order valence-electron chi connectivity index (χ4n) is 2.44. The first-order valence-corrected chi connectivity index (χ1v) is 7.89. The van der Waals surface area contributed by atoms with Crippen molar-refractivity contribution in [2.45, 2.75) is 6.18 Å². The van der Waals surface area contributed by atoms with E-state index < -0.39 is 17.6 Å². The van der Waals surface area contributed by atoms with Crippen LogP contribution in [-0.2, 0) is 11.0 Å². The number of carbonyl (C=O) groups is 1. The van der Waals surface area contributed by atoms with Crippen molar-refractivity contribution in [1.29, 1.82) is 0 Å². The number of carbonyl (C=O) groups excluding carboxylic acids is 1. The lowest BCUT2D eigenvalue weighted by molar-refractivity contribution is -0.137. The highest BCUT2D eigenvalue weighted by molar-refractivity contribution is 6.01. The van der Waals surface area contributed by atoms with Gasteiger partial charge in [-0.3, -0.25) is 9.78 Å². The maximum absolute atomic E-state index is 12.9. The van der Waals surface area contributed by atoms with E-state index in [1.165, 1.54) is 25.4 Å². The lowest BCUT2D eigenvalue weighted by Crippen LogP contribution is -2.20. The molecule has 1 aromatic heterocycles. The SMILES string of the molecule is COc1ccc(OCC(=O)Nc2ccnc3ccc(C(F)(F)F)cc23)cc1. The van der Waals surface area contributed by atoms with E-state index in [4.69, 9.17) is 9.47 Å². The van der Waals surface area contributed by atoms with Crippen LogP contribution in [0.15, 0.2) is 54.7 Å². The molecular weight excluding hydrogens is 361 g/mol. The van der Waals surface area contributed by atoms with E-state index in [0.29, 0.717) is 17.0 Å². The Labute approximate surface area is 152 Å². The third-order valence-electron chi connectivity index (χ3n) is 3.77. The van der Waals surface area contributed by atoms with Crippen LogP contribution in [0, 0.1) is 0 Å². The predicted octanol–water partition coefficient (Wildman–Crippen LogP) is 4.28. The van der Waals surface area contributed by atoms with E-state index in [2.05, 4.69) is 10.3 Å². The number of methoxy groups -OCH3 is 1. The molecule has 1 N–H and O–H groups in total. The van der Waals surface area contributed by atoms with Gasteiger partial charge < -0.3 is 14.8 Å². The van der Waals surface area contributed by atoms with Crippen LogP contribution in [0.3, 0.4) is 0 Å². The Kier molecular flexibility index (Phi) is 5.16. The smallest absolute Gasteiger partial charge is 0.416 e. The molecule has 0 unspecified atom stereocenters. The molecule has 1 amide bonds. The molecule has 0 radical (unpaired) electrons. The zero-order valence-corrected chi connectivity index (χ0v) is 14.2.